The van der Waals surface area contributed by atoms with Gasteiger partial charge in [-0.05, 0) is 90.9 Å². The molecule has 3 aromatic rings. The van der Waals surface area contributed by atoms with E-state index in [1.54, 1.807) is 49.4 Å². The van der Waals surface area contributed by atoms with Crippen molar-refractivity contribution in [2.75, 3.05) is 10.8 Å². The van der Waals surface area contributed by atoms with Crippen molar-refractivity contribution in [3.63, 3.8) is 0 Å². The summed E-state index contributed by atoms with van der Waals surface area (Å²) in [6.45, 7) is 5.14. The molecule has 1 N–H and O–H groups in total. The van der Waals surface area contributed by atoms with Gasteiger partial charge in [-0.3, -0.25) is 9.10 Å². The van der Waals surface area contributed by atoms with Crippen LogP contribution >= 0.6 is 22.6 Å². The summed E-state index contributed by atoms with van der Waals surface area (Å²) in [5, 5.41) is 4.15. The molecule has 0 unspecified atom stereocenters. The highest BCUT2D eigenvalue weighted by atomic mass is 127. The number of halogens is 1. The Balaban J connectivity index is 1.87. The smallest absolute Gasteiger partial charge is 0.264 e. The van der Waals surface area contributed by atoms with E-state index in [1.807, 2.05) is 44.2 Å². The fraction of sp³-hybridized carbons (Fsp3) is 0.167. The van der Waals surface area contributed by atoms with Crippen LogP contribution in [0.1, 0.15) is 23.6 Å². The largest absolute Gasteiger partial charge is 0.271 e. The first-order valence-corrected chi connectivity index (χ1v) is 12.4. The number of benzene rings is 3. The first-order valence-electron chi connectivity index (χ1n) is 9.92. The van der Waals surface area contributed by atoms with E-state index in [4.69, 9.17) is 0 Å². The van der Waals surface area contributed by atoms with Crippen molar-refractivity contribution in [1.29, 1.82) is 0 Å². The van der Waals surface area contributed by atoms with Crippen LogP contribution in [0.4, 0.5) is 5.69 Å². The van der Waals surface area contributed by atoms with E-state index in [2.05, 4.69) is 33.1 Å². The summed E-state index contributed by atoms with van der Waals surface area (Å²) in [4.78, 5) is 12.8. The van der Waals surface area contributed by atoms with Gasteiger partial charge in [0.05, 0.1) is 16.3 Å². The topological polar surface area (TPSA) is 78.8 Å². The number of hydrogen-bond donors (Lipinski definition) is 1. The second-order valence-electron chi connectivity index (χ2n) is 7.40. The lowest BCUT2D eigenvalue weighted by Gasteiger charge is -2.24. The molecule has 0 aliphatic carbocycles. The highest BCUT2D eigenvalue weighted by molar-refractivity contribution is 14.1. The number of sulfonamides is 1. The number of aryl methyl sites for hydroxylation is 2. The zero-order valence-electron chi connectivity index (χ0n) is 18.0. The monoisotopic (exact) mass is 561 g/mol. The second-order valence-corrected chi connectivity index (χ2v) is 10.5. The average Bonchev–Trinajstić information content (AvgIpc) is 2.76. The zero-order valence-corrected chi connectivity index (χ0v) is 21.0. The van der Waals surface area contributed by atoms with Crippen LogP contribution in [0.2, 0.25) is 0 Å². The lowest BCUT2D eigenvalue weighted by atomic mass is 10.1. The van der Waals surface area contributed by atoms with Gasteiger partial charge >= 0.3 is 0 Å². The molecule has 0 aromatic heterocycles. The lowest BCUT2D eigenvalue weighted by molar-refractivity contribution is -0.119. The van der Waals surface area contributed by atoms with Gasteiger partial charge in [-0.2, -0.15) is 5.10 Å². The van der Waals surface area contributed by atoms with Gasteiger partial charge in [-0.25, -0.2) is 13.8 Å². The summed E-state index contributed by atoms with van der Waals surface area (Å²) in [6.07, 6.45) is 0. The molecule has 0 fully saturated rings. The van der Waals surface area contributed by atoms with Gasteiger partial charge in [0.1, 0.15) is 6.54 Å². The molecule has 0 radical (unpaired) electrons. The molecule has 0 atom stereocenters. The molecule has 0 saturated carbocycles. The van der Waals surface area contributed by atoms with Gasteiger partial charge in [0.15, 0.2) is 0 Å². The van der Waals surface area contributed by atoms with Crippen molar-refractivity contribution in [3.8, 4) is 0 Å². The molecular formula is C24H24IN3O3S. The summed E-state index contributed by atoms with van der Waals surface area (Å²) >= 11 is 2.21. The number of nitrogens with zero attached hydrogens (tertiary/aromatic N) is 2. The van der Waals surface area contributed by atoms with Crippen molar-refractivity contribution in [2.45, 2.75) is 25.7 Å². The molecule has 0 aliphatic heterocycles. The first-order chi connectivity index (χ1) is 15.2. The zero-order chi connectivity index (χ0) is 23.3. The van der Waals surface area contributed by atoms with Crippen molar-refractivity contribution in [2.24, 2.45) is 5.10 Å². The van der Waals surface area contributed by atoms with Gasteiger partial charge in [0.2, 0.25) is 0 Å². The van der Waals surface area contributed by atoms with Crippen molar-refractivity contribution < 1.29 is 13.2 Å². The number of nitrogens with one attached hydrogen (secondary N) is 1. The van der Waals surface area contributed by atoms with Crippen LogP contribution < -0.4 is 9.73 Å². The first kappa shape index (κ1) is 23.9. The SMILES string of the molecule is C/C(=N/NC(=O)CN(c1cccc(C)c1)S(=O)(=O)c1ccc(C)cc1)c1ccc(I)cc1. The molecule has 0 spiro atoms. The molecule has 3 aromatic carbocycles. The maximum absolute atomic E-state index is 13.4. The molecule has 6 nitrogen and oxygen atoms in total. The molecule has 1 amide bonds. The van der Waals surface area contributed by atoms with E-state index in [0.717, 1.165) is 24.6 Å². The van der Waals surface area contributed by atoms with Crippen molar-refractivity contribution >= 4 is 49.9 Å². The maximum atomic E-state index is 13.4. The average molecular weight is 561 g/mol. The van der Waals surface area contributed by atoms with Gasteiger partial charge in [0.25, 0.3) is 15.9 Å². The Bertz CT molecular complexity index is 1240. The number of amides is 1. The van der Waals surface area contributed by atoms with Crippen molar-refractivity contribution in [3.05, 3.63) is 93.1 Å². The summed E-state index contributed by atoms with van der Waals surface area (Å²) in [7, 11) is -3.96. The van der Waals surface area contributed by atoms with Crippen molar-refractivity contribution in [1.82, 2.24) is 5.43 Å². The summed E-state index contributed by atoms with van der Waals surface area (Å²) in [5.41, 5.74) is 6.23. The molecule has 0 aliphatic rings. The highest BCUT2D eigenvalue weighted by Crippen LogP contribution is 2.24. The van der Waals surface area contributed by atoms with Crippen LogP contribution in [0.25, 0.3) is 0 Å². The summed E-state index contributed by atoms with van der Waals surface area (Å²) in [6, 6.07) is 21.3. The van der Waals surface area contributed by atoms with Crippen LogP contribution in [0.3, 0.4) is 0 Å². The Labute approximate surface area is 202 Å². The molecule has 0 bridgehead atoms. The molecule has 0 heterocycles. The third kappa shape index (κ3) is 5.95. The molecular weight excluding hydrogens is 537 g/mol. The van der Waals surface area contributed by atoms with E-state index in [-0.39, 0.29) is 4.90 Å². The van der Waals surface area contributed by atoms with E-state index in [0.29, 0.717) is 11.4 Å². The number of rotatable bonds is 7. The second kappa shape index (κ2) is 10.3. The van der Waals surface area contributed by atoms with Gasteiger partial charge < -0.3 is 0 Å². The van der Waals surface area contributed by atoms with E-state index in [1.165, 1.54) is 0 Å². The number of hydrazone groups is 1. The predicted molar refractivity (Wildman–Crippen MR) is 136 cm³/mol. The van der Waals surface area contributed by atoms with Crippen LogP contribution in [0.15, 0.2) is 82.8 Å². The number of carbonyl (C=O) groups excluding carboxylic acids is 1. The highest BCUT2D eigenvalue weighted by Gasteiger charge is 2.27. The predicted octanol–water partition coefficient (Wildman–Crippen LogP) is 4.64. The van der Waals surface area contributed by atoms with E-state index < -0.39 is 22.5 Å². The number of hydrogen-bond acceptors (Lipinski definition) is 4. The quantitative estimate of drug-likeness (QED) is 0.259. The molecule has 166 valence electrons. The van der Waals surface area contributed by atoms with E-state index >= 15 is 0 Å². The Morgan fingerprint density at radius 3 is 2.25 bits per heavy atom. The van der Waals surface area contributed by atoms with E-state index in [9.17, 15) is 13.2 Å². The van der Waals surface area contributed by atoms with Crippen LogP contribution in [0, 0.1) is 17.4 Å². The fourth-order valence-electron chi connectivity index (χ4n) is 3.00. The summed E-state index contributed by atoms with van der Waals surface area (Å²) in [5.74, 6) is -0.535. The Morgan fingerprint density at radius 1 is 0.969 bits per heavy atom. The minimum atomic E-state index is -3.96. The Morgan fingerprint density at radius 2 is 1.62 bits per heavy atom. The standard InChI is InChI=1S/C24H24IN3O3S/c1-17-7-13-23(14-8-17)32(30,31)28(22-6-4-5-18(2)15-22)16-24(29)27-26-19(3)20-9-11-21(25)12-10-20/h4-15H,16H2,1-3H3,(H,27,29)/b26-19-. The van der Waals surface area contributed by atoms with Gasteiger partial charge in [-0.1, -0.05) is 42.0 Å². The Kier molecular flexibility index (Phi) is 7.68. The van der Waals surface area contributed by atoms with Crippen LogP contribution in [-0.2, 0) is 14.8 Å². The maximum Gasteiger partial charge on any atom is 0.264 e. The molecule has 32 heavy (non-hydrogen) atoms. The third-order valence-corrected chi connectivity index (χ3v) is 7.30. The normalized spacial score (nSPS) is 11.8. The van der Waals surface area contributed by atoms with Gasteiger partial charge in [-0.15, -0.1) is 0 Å². The fourth-order valence-corrected chi connectivity index (χ4v) is 4.78. The van der Waals surface area contributed by atoms with Crippen LogP contribution in [-0.4, -0.2) is 26.6 Å². The number of carbonyl (C=O) groups is 1. The minimum absolute atomic E-state index is 0.121. The summed E-state index contributed by atoms with van der Waals surface area (Å²) < 4.78 is 29.0. The third-order valence-electron chi connectivity index (χ3n) is 4.80. The minimum Gasteiger partial charge on any atom is -0.271 e. The molecule has 0 saturated heterocycles. The van der Waals surface area contributed by atoms with Crippen LogP contribution in [0.5, 0.6) is 0 Å². The Hall–Kier alpha value is -2.72. The molecule has 8 heteroatoms. The molecule has 3 rings (SSSR count). The lowest BCUT2D eigenvalue weighted by Crippen LogP contribution is -2.39. The number of anilines is 1. The van der Waals surface area contributed by atoms with Gasteiger partial charge in [0, 0.05) is 3.57 Å².